The summed E-state index contributed by atoms with van der Waals surface area (Å²) < 4.78 is 37.8. The maximum absolute atomic E-state index is 12.6. The molecule has 27 heavy (non-hydrogen) atoms. The first-order valence-electron chi connectivity index (χ1n) is 8.92. The maximum atomic E-state index is 12.6. The lowest BCUT2D eigenvalue weighted by molar-refractivity contribution is -0.137. The number of alkyl halides is 3. The minimum absolute atomic E-state index is 0.0212. The van der Waals surface area contributed by atoms with Crippen molar-refractivity contribution in [2.75, 3.05) is 23.3 Å². The van der Waals surface area contributed by atoms with E-state index in [1.54, 1.807) is 0 Å². The van der Waals surface area contributed by atoms with Crippen LogP contribution in [0.5, 0.6) is 0 Å². The Bertz CT molecular complexity index is 767. The molecule has 0 bridgehead atoms. The van der Waals surface area contributed by atoms with E-state index in [0.717, 1.165) is 30.8 Å². The lowest BCUT2D eigenvalue weighted by atomic mass is 10.1. The van der Waals surface area contributed by atoms with Crippen molar-refractivity contribution in [2.24, 2.45) is 0 Å². The van der Waals surface area contributed by atoms with Gasteiger partial charge in [-0.1, -0.05) is 12.1 Å². The van der Waals surface area contributed by atoms with Crippen LogP contribution >= 0.6 is 12.2 Å². The van der Waals surface area contributed by atoms with Gasteiger partial charge in [0.25, 0.3) is 0 Å². The van der Waals surface area contributed by atoms with Crippen LogP contribution < -0.4 is 15.5 Å². The van der Waals surface area contributed by atoms with Gasteiger partial charge < -0.3 is 15.5 Å². The number of anilines is 2. The molecule has 1 aliphatic rings. The van der Waals surface area contributed by atoms with E-state index < -0.39 is 11.7 Å². The lowest BCUT2D eigenvalue weighted by Crippen LogP contribution is -2.31. The number of thiocarbonyl (C=S) groups is 1. The van der Waals surface area contributed by atoms with Crippen molar-refractivity contribution >= 4 is 28.7 Å². The summed E-state index contributed by atoms with van der Waals surface area (Å²) in [6.07, 6.45) is -1.86. The SMILES string of the molecule is CC(NC(=S)Nc1ccc(C(F)(F)F)cc1)c1ccc(N2CCCC2)cc1. The fraction of sp³-hybridized carbons (Fsp3) is 0.350. The third-order valence-corrected chi connectivity index (χ3v) is 4.90. The van der Waals surface area contributed by atoms with Crippen molar-refractivity contribution in [3.63, 3.8) is 0 Å². The van der Waals surface area contributed by atoms with Gasteiger partial charge in [0.2, 0.25) is 0 Å². The van der Waals surface area contributed by atoms with Gasteiger partial charge in [-0.15, -0.1) is 0 Å². The van der Waals surface area contributed by atoms with Gasteiger partial charge in [-0.2, -0.15) is 13.2 Å². The molecule has 0 aromatic heterocycles. The molecule has 3 rings (SSSR count). The molecule has 3 nitrogen and oxygen atoms in total. The normalized spacial score (nSPS) is 15.5. The Hall–Kier alpha value is -2.28. The second kappa shape index (κ2) is 8.17. The Morgan fingerprint density at radius 1 is 1.00 bits per heavy atom. The lowest BCUT2D eigenvalue weighted by Gasteiger charge is -2.20. The number of rotatable bonds is 4. The monoisotopic (exact) mass is 393 g/mol. The van der Waals surface area contributed by atoms with E-state index in [1.807, 2.05) is 6.92 Å². The minimum atomic E-state index is -4.34. The zero-order valence-corrected chi connectivity index (χ0v) is 15.8. The Balaban J connectivity index is 1.55. The van der Waals surface area contributed by atoms with Gasteiger partial charge in [-0.3, -0.25) is 0 Å². The molecule has 0 saturated carbocycles. The van der Waals surface area contributed by atoms with Crippen molar-refractivity contribution in [3.8, 4) is 0 Å². The highest BCUT2D eigenvalue weighted by molar-refractivity contribution is 7.80. The van der Waals surface area contributed by atoms with Crippen LogP contribution in [0.25, 0.3) is 0 Å². The zero-order valence-electron chi connectivity index (χ0n) is 15.0. The van der Waals surface area contributed by atoms with Gasteiger partial charge in [0.05, 0.1) is 11.6 Å². The third-order valence-electron chi connectivity index (χ3n) is 4.68. The summed E-state index contributed by atoms with van der Waals surface area (Å²) >= 11 is 5.28. The van der Waals surface area contributed by atoms with Gasteiger partial charge >= 0.3 is 6.18 Å². The van der Waals surface area contributed by atoms with Crippen LogP contribution in [-0.2, 0) is 6.18 Å². The fourth-order valence-corrected chi connectivity index (χ4v) is 3.43. The number of hydrogen-bond acceptors (Lipinski definition) is 2. The van der Waals surface area contributed by atoms with Gasteiger partial charge in [0.1, 0.15) is 0 Å². The first-order valence-corrected chi connectivity index (χ1v) is 9.33. The molecule has 7 heteroatoms. The first kappa shape index (κ1) is 19.5. The molecule has 0 amide bonds. The van der Waals surface area contributed by atoms with Crippen LogP contribution in [0.2, 0.25) is 0 Å². The summed E-state index contributed by atoms with van der Waals surface area (Å²) in [5.41, 5.74) is 2.15. The Morgan fingerprint density at radius 2 is 1.59 bits per heavy atom. The van der Waals surface area contributed by atoms with E-state index in [-0.39, 0.29) is 6.04 Å². The van der Waals surface area contributed by atoms with Crippen molar-refractivity contribution in [3.05, 3.63) is 59.7 Å². The molecule has 2 aromatic carbocycles. The van der Waals surface area contributed by atoms with Crippen molar-refractivity contribution < 1.29 is 13.2 Å². The van der Waals surface area contributed by atoms with Gasteiger partial charge in [-0.25, -0.2) is 0 Å². The predicted molar refractivity (Wildman–Crippen MR) is 107 cm³/mol. The fourth-order valence-electron chi connectivity index (χ4n) is 3.14. The molecule has 1 unspecified atom stereocenters. The average Bonchev–Trinajstić information content (AvgIpc) is 3.16. The molecule has 1 saturated heterocycles. The summed E-state index contributed by atoms with van der Waals surface area (Å²) in [5.74, 6) is 0. The van der Waals surface area contributed by atoms with Crippen molar-refractivity contribution in [1.29, 1.82) is 0 Å². The molecule has 0 aliphatic carbocycles. The van der Waals surface area contributed by atoms with E-state index in [2.05, 4.69) is 39.8 Å². The van der Waals surface area contributed by atoms with E-state index >= 15 is 0 Å². The Kier molecular flexibility index (Phi) is 5.89. The summed E-state index contributed by atoms with van der Waals surface area (Å²) in [6.45, 7) is 4.20. The molecule has 0 radical (unpaired) electrons. The Morgan fingerprint density at radius 3 is 2.15 bits per heavy atom. The summed E-state index contributed by atoms with van der Waals surface area (Å²) in [4.78, 5) is 2.37. The second-order valence-corrected chi connectivity index (χ2v) is 7.09. The third kappa shape index (κ3) is 5.13. The van der Waals surface area contributed by atoms with E-state index in [4.69, 9.17) is 12.2 Å². The summed E-state index contributed by atoms with van der Waals surface area (Å²) in [6, 6.07) is 13.2. The second-order valence-electron chi connectivity index (χ2n) is 6.68. The number of halogens is 3. The molecule has 1 fully saturated rings. The standard InChI is InChI=1S/C20H22F3N3S/c1-14(15-4-10-18(11-5-15)26-12-2-3-13-26)24-19(27)25-17-8-6-16(7-9-17)20(21,22)23/h4-11,14H,2-3,12-13H2,1H3,(H2,24,25,27). The molecule has 1 atom stereocenters. The Labute approximate surface area is 162 Å². The van der Waals surface area contributed by atoms with Crippen LogP contribution in [-0.4, -0.2) is 18.2 Å². The van der Waals surface area contributed by atoms with Gasteiger partial charge in [0, 0.05) is 24.5 Å². The van der Waals surface area contributed by atoms with E-state index in [0.29, 0.717) is 10.8 Å². The number of benzene rings is 2. The minimum Gasteiger partial charge on any atom is -0.372 e. The highest BCUT2D eigenvalue weighted by atomic mass is 32.1. The smallest absolute Gasteiger partial charge is 0.372 e. The quantitative estimate of drug-likeness (QED) is 0.685. The molecular weight excluding hydrogens is 371 g/mol. The van der Waals surface area contributed by atoms with Crippen LogP contribution in [0.15, 0.2) is 48.5 Å². The van der Waals surface area contributed by atoms with Gasteiger partial charge in [0.15, 0.2) is 5.11 Å². The summed E-state index contributed by atoms with van der Waals surface area (Å²) in [5, 5.41) is 6.45. The highest BCUT2D eigenvalue weighted by Gasteiger charge is 2.29. The van der Waals surface area contributed by atoms with Crippen LogP contribution in [0.1, 0.15) is 36.9 Å². The zero-order chi connectivity index (χ0) is 19.4. The number of nitrogens with zero attached hydrogens (tertiary/aromatic N) is 1. The van der Waals surface area contributed by atoms with E-state index in [9.17, 15) is 13.2 Å². The summed E-state index contributed by atoms with van der Waals surface area (Å²) in [7, 11) is 0. The van der Waals surface area contributed by atoms with Crippen LogP contribution in [0.4, 0.5) is 24.5 Å². The van der Waals surface area contributed by atoms with Crippen molar-refractivity contribution in [1.82, 2.24) is 5.32 Å². The predicted octanol–water partition coefficient (Wildman–Crippen LogP) is 5.35. The molecule has 0 spiro atoms. The van der Waals surface area contributed by atoms with Crippen LogP contribution in [0, 0.1) is 0 Å². The van der Waals surface area contributed by atoms with Gasteiger partial charge in [-0.05, 0) is 73.9 Å². The molecule has 1 aliphatic heterocycles. The molecule has 1 heterocycles. The highest BCUT2D eigenvalue weighted by Crippen LogP contribution is 2.30. The topological polar surface area (TPSA) is 27.3 Å². The molecule has 2 N–H and O–H groups in total. The largest absolute Gasteiger partial charge is 0.416 e. The number of nitrogens with one attached hydrogen (secondary N) is 2. The molecule has 2 aromatic rings. The molecule has 144 valence electrons. The number of hydrogen-bond donors (Lipinski definition) is 2. The van der Waals surface area contributed by atoms with E-state index in [1.165, 1.54) is 30.7 Å². The molecular formula is C20H22F3N3S. The van der Waals surface area contributed by atoms with Crippen molar-refractivity contribution in [2.45, 2.75) is 32.0 Å². The van der Waals surface area contributed by atoms with Crippen LogP contribution in [0.3, 0.4) is 0 Å². The maximum Gasteiger partial charge on any atom is 0.416 e. The average molecular weight is 393 g/mol. The first-order chi connectivity index (χ1) is 12.8.